The Balaban J connectivity index is 2.28. The third kappa shape index (κ3) is 3.88. The number of nitrogens with zero attached hydrogens (tertiary/aromatic N) is 3. The Morgan fingerprint density at radius 1 is 1.26 bits per heavy atom. The van der Waals surface area contributed by atoms with Crippen molar-refractivity contribution in [3.63, 3.8) is 0 Å². The van der Waals surface area contributed by atoms with Crippen LogP contribution in [0.4, 0.5) is 5.95 Å². The second-order valence-electron chi connectivity index (χ2n) is 4.29. The van der Waals surface area contributed by atoms with E-state index in [0.29, 0.717) is 21.5 Å². The van der Waals surface area contributed by atoms with Crippen LogP contribution >= 0.6 is 31.9 Å². The van der Waals surface area contributed by atoms with Gasteiger partial charge in [-0.15, -0.1) is 10.2 Å². The predicted octanol–water partition coefficient (Wildman–Crippen LogP) is 2.46. The molecule has 0 amide bonds. The van der Waals surface area contributed by atoms with Crippen LogP contribution in [0.1, 0.15) is 11.3 Å². The van der Waals surface area contributed by atoms with Crippen LogP contribution in [0, 0.1) is 6.92 Å². The van der Waals surface area contributed by atoms with E-state index in [2.05, 4.69) is 57.6 Å². The molecule has 0 fully saturated rings. The highest BCUT2D eigenvalue weighted by Gasteiger charge is 2.15. The van der Waals surface area contributed by atoms with Crippen molar-refractivity contribution in [2.75, 3.05) is 19.6 Å². The van der Waals surface area contributed by atoms with Crippen molar-refractivity contribution >= 4 is 44.0 Å². The average molecular weight is 447 g/mol. The van der Waals surface area contributed by atoms with Crippen LogP contribution in [0.5, 0.6) is 11.5 Å². The van der Waals surface area contributed by atoms with E-state index in [9.17, 15) is 4.79 Å². The SMILES string of the molecule is COc1c(Br)cc(/C=N/Nc2nnc(C)c(=O)[nH]2)c(OC)c1Br. The van der Waals surface area contributed by atoms with Crippen molar-refractivity contribution in [1.82, 2.24) is 15.2 Å². The van der Waals surface area contributed by atoms with E-state index >= 15 is 0 Å². The van der Waals surface area contributed by atoms with Gasteiger partial charge in [0, 0.05) is 5.56 Å². The van der Waals surface area contributed by atoms with Crippen LogP contribution in [-0.4, -0.2) is 35.6 Å². The first-order chi connectivity index (χ1) is 11.0. The van der Waals surface area contributed by atoms with Crippen LogP contribution in [0.25, 0.3) is 0 Å². The molecule has 2 N–H and O–H groups in total. The number of aromatic nitrogens is 3. The fourth-order valence-electron chi connectivity index (χ4n) is 1.70. The number of aryl methyl sites for hydroxylation is 1. The number of hydrogen-bond acceptors (Lipinski definition) is 7. The largest absolute Gasteiger partial charge is 0.495 e. The molecule has 1 aromatic carbocycles. The zero-order chi connectivity index (χ0) is 17.0. The summed E-state index contributed by atoms with van der Waals surface area (Å²) in [7, 11) is 3.10. The maximum absolute atomic E-state index is 11.4. The molecule has 0 saturated carbocycles. The first-order valence-corrected chi connectivity index (χ1v) is 7.89. The number of rotatable bonds is 5. The van der Waals surface area contributed by atoms with Gasteiger partial charge in [0.1, 0.15) is 15.9 Å². The molecule has 0 aliphatic carbocycles. The lowest BCUT2D eigenvalue weighted by Crippen LogP contribution is -2.15. The summed E-state index contributed by atoms with van der Waals surface area (Å²) in [5, 5.41) is 11.5. The van der Waals surface area contributed by atoms with E-state index in [1.54, 1.807) is 27.2 Å². The number of nitrogens with one attached hydrogen (secondary N) is 2. The molecule has 23 heavy (non-hydrogen) atoms. The molecule has 0 unspecified atom stereocenters. The Morgan fingerprint density at radius 2 is 1.96 bits per heavy atom. The van der Waals surface area contributed by atoms with Crippen LogP contribution in [0.2, 0.25) is 0 Å². The van der Waals surface area contributed by atoms with E-state index in [4.69, 9.17) is 9.47 Å². The molecule has 1 aromatic heterocycles. The minimum Gasteiger partial charge on any atom is -0.495 e. The summed E-state index contributed by atoms with van der Waals surface area (Å²) >= 11 is 6.84. The molecule has 122 valence electrons. The number of H-pyrrole nitrogens is 1. The van der Waals surface area contributed by atoms with Crippen molar-refractivity contribution in [2.45, 2.75) is 6.92 Å². The number of anilines is 1. The fourth-order valence-corrected chi connectivity index (χ4v) is 3.34. The second kappa shape index (κ2) is 7.55. The lowest BCUT2D eigenvalue weighted by atomic mass is 10.2. The van der Waals surface area contributed by atoms with Gasteiger partial charge in [0.25, 0.3) is 5.56 Å². The number of hydrazone groups is 1. The highest BCUT2D eigenvalue weighted by atomic mass is 79.9. The minimum absolute atomic E-state index is 0.141. The summed E-state index contributed by atoms with van der Waals surface area (Å²) < 4.78 is 12.0. The molecule has 0 atom stereocenters. The van der Waals surface area contributed by atoms with Gasteiger partial charge in [-0.1, -0.05) is 0 Å². The topological polar surface area (TPSA) is 101 Å². The van der Waals surface area contributed by atoms with E-state index in [1.165, 1.54) is 6.21 Å². The zero-order valence-corrected chi connectivity index (χ0v) is 15.6. The van der Waals surface area contributed by atoms with Gasteiger partial charge >= 0.3 is 0 Å². The Labute approximate surface area is 148 Å². The number of ether oxygens (including phenoxy) is 2. The normalized spacial score (nSPS) is 10.8. The van der Waals surface area contributed by atoms with Gasteiger partial charge in [0.05, 0.1) is 24.9 Å². The summed E-state index contributed by atoms with van der Waals surface area (Å²) in [5.74, 6) is 1.31. The zero-order valence-electron chi connectivity index (χ0n) is 12.5. The predicted molar refractivity (Wildman–Crippen MR) is 93.6 cm³/mol. The molecule has 0 aliphatic heterocycles. The highest BCUT2D eigenvalue weighted by molar-refractivity contribution is 9.11. The fraction of sp³-hybridized carbons (Fsp3) is 0.231. The van der Waals surface area contributed by atoms with E-state index in [-0.39, 0.29) is 17.2 Å². The number of hydrogen-bond donors (Lipinski definition) is 2. The Bertz CT molecular complexity index is 807. The quantitative estimate of drug-likeness (QED) is 0.540. The van der Waals surface area contributed by atoms with Gasteiger partial charge in [0.15, 0.2) is 5.75 Å². The molecule has 0 spiro atoms. The third-order valence-corrected chi connectivity index (χ3v) is 4.11. The van der Waals surface area contributed by atoms with Crippen LogP contribution in [0.3, 0.4) is 0 Å². The molecule has 1 heterocycles. The van der Waals surface area contributed by atoms with E-state index < -0.39 is 0 Å². The second-order valence-corrected chi connectivity index (χ2v) is 5.93. The molecule has 2 aromatic rings. The van der Waals surface area contributed by atoms with Crippen LogP contribution in [0.15, 0.2) is 24.9 Å². The lowest BCUT2D eigenvalue weighted by Gasteiger charge is -2.12. The third-order valence-electron chi connectivity index (χ3n) is 2.80. The van der Waals surface area contributed by atoms with Crippen LogP contribution in [-0.2, 0) is 0 Å². The van der Waals surface area contributed by atoms with Crippen molar-refractivity contribution < 1.29 is 9.47 Å². The monoisotopic (exact) mass is 445 g/mol. The van der Waals surface area contributed by atoms with E-state index in [1.807, 2.05) is 0 Å². The summed E-state index contributed by atoms with van der Waals surface area (Å²) in [5.41, 5.74) is 3.24. The molecular weight excluding hydrogens is 434 g/mol. The maximum Gasteiger partial charge on any atom is 0.274 e. The first-order valence-electron chi connectivity index (χ1n) is 6.30. The average Bonchev–Trinajstić information content (AvgIpc) is 2.51. The van der Waals surface area contributed by atoms with Crippen molar-refractivity contribution in [3.05, 3.63) is 36.6 Å². The van der Waals surface area contributed by atoms with Gasteiger partial charge in [-0.05, 0) is 44.8 Å². The van der Waals surface area contributed by atoms with Gasteiger partial charge in [-0.25, -0.2) is 5.43 Å². The molecule has 0 aliphatic rings. The molecular formula is C13H13Br2N5O3. The standard InChI is InChI=1S/C13H13Br2N5O3/c1-6-12(21)17-13(20-18-6)19-16-5-7-4-8(14)11(23-3)9(15)10(7)22-2/h4-5H,1-3H3,(H2,17,19,20,21)/b16-5+. The van der Waals surface area contributed by atoms with Gasteiger partial charge < -0.3 is 9.47 Å². The van der Waals surface area contributed by atoms with Crippen molar-refractivity contribution in [1.29, 1.82) is 0 Å². The minimum atomic E-state index is -0.329. The van der Waals surface area contributed by atoms with Crippen LogP contribution < -0.4 is 20.5 Å². The van der Waals surface area contributed by atoms with Crippen molar-refractivity contribution in [2.24, 2.45) is 5.10 Å². The number of benzene rings is 1. The summed E-state index contributed by atoms with van der Waals surface area (Å²) in [6.45, 7) is 1.57. The Morgan fingerprint density at radius 3 is 2.57 bits per heavy atom. The molecule has 0 saturated heterocycles. The number of methoxy groups -OCH3 is 2. The number of halogens is 2. The molecule has 10 heteroatoms. The highest BCUT2D eigenvalue weighted by Crippen LogP contribution is 2.42. The van der Waals surface area contributed by atoms with Gasteiger partial charge in [-0.3, -0.25) is 9.78 Å². The Hall–Kier alpha value is -1.94. The van der Waals surface area contributed by atoms with Gasteiger partial charge in [-0.2, -0.15) is 5.10 Å². The van der Waals surface area contributed by atoms with E-state index in [0.717, 1.165) is 4.47 Å². The smallest absolute Gasteiger partial charge is 0.274 e. The molecule has 0 radical (unpaired) electrons. The maximum atomic E-state index is 11.4. The van der Waals surface area contributed by atoms with Crippen molar-refractivity contribution in [3.8, 4) is 11.5 Å². The molecule has 0 bridgehead atoms. The Kier molecular flexibility index (Phi) is 5.72. The summed E-state index contributed by atoms with van der Waals surface area (Å²) in [6.07, 6.45) is 1.52. The molecule has 8 nitrogen and oxygen atoms in total. The van der Waals surface area contributed by atoms with Gasteiger partial charge in [0.2, 0.25) is 5.95 Å². The number of aromatic amines is 1. The summed E-state index contributed by atoms with van der Waals surface area (Å²) in [6, 6.07) is 1.79. The summed E-state index contributed by atoms with van der Waals surface area (Å²) in [4.78, 5) is 13.9. The first kappa shape index (κ1) is 17.4. The lowest BCUT2D eigenvalue weighted by molar-refractivity contribution is 0.387. The molecule has 2 rings (SSSR count).